The summed E-state index contributed by atoms with van der Waals surface area (Å²) in [6, 6.07) is 11.1. The van der Waals surface area contributed by atoms with Gasteiger partial charge in [-0.05, 0) is 30.7 Å². The van der Waals surface area contributed by atoms with Gasteiger partial charge in [-0.1, -0.05) is 30.0 Å². The summed E-state index contributed by atoms with van der Waals surface area (Å²) in [4.78, 5) is 16.4. The van der Waals surface area contributed by atoms with Crippen LogP contribution in [0.2, 0.25) is 0 Å². The smallest absolute Gasteiger partial charge is 0.252 e. The first-order valence-corrected chi connectivity index (χ1v) is 6.68. The largest absolute Gasteiger partial charge is 0.348 e. The number of nitrogens with one attached hydrogen (secondary N) is 1. The van der Waals surface area contributed by atoms with E-state index < -0.39 is 0 Å². The zero-order chi connectivity index (χ0) is 15.1. The maximum Gasteiger partial charge on any atom is 0.252 e. The van der Waals surface area contributed by atoms with Gasteiger partial charge in [-0.15, -0.1) is 0 Å². The molecule has 0 saturated heterocycles. The number of benzene rings is 1. The summed E-state index contributed by atoms with van der Waals surface area (Å²) in [5, 5.41) is 2.87. The van der Waals surface area contributed by atoms with Crippen molar-refractivity contribution in [2.45, 2.75) is 13.5 Å². The van der Waals surface area contributed by atoms with Gasteiger partial charge in [-0.2, -0.15) is 0 Å². The van der Waals surface area contributed by atoms with E-state index in [0.717, 1.165) is 11.3 Å². The van der Waals surface area contributed by atoms with Crippen LogP contribution in [-0.2, 0) is 6.54 Å². The fourth-order valence-electron chi connectivity index (χ4n) is 1.82. The third-order valence-corrected chi connectivity index (χ3v) is 2.92. The Morgan fingerprint density at radius 3 is 2.81 bits per heavy atom. The fourth-order valence-corrected chi connectivity index (χ4v) is 1.82. The highest BCUT2D eigenvalue weighted by Gasteiger charge is 2.09. The van der Waals surface area contributed by atoms with E-state index in [4.69, 9.17) is 5.73 Å². The van der Waals surface area contributed by atoms with E-state index in [2.05, 4.69) is 22.1 Å². The van der Waals surface area contributed by atoms with Crippen LogP contribution in [0.15, 0.2) is 42.6 Å². The molecule has 4 nitrogen and oxygen atoms in total. The van der Waals surface area contributed by atoms with E-state index in [1.54, 1.807) is 12.3 Å². The van der Waals surface area contributed by atoms with Crippen molar-refractivity contribution in [3.05, 3.63) is 65.0 Å². The highest BCUT2D eigenvalue weighted by molar-refractivity contribution is 5.96. The molecule has 4 heteroatoms. The highest BCUT2D eigenvalue weighted by Crippen LogP contribution is 2.08. The van der Waals surface area contributed by atoms with Gasteiger partial charge in [-0.3, -0.25) is 9.78 Å². The molecule has 0 spiro atoms. The van der Waals surface area contributed by atoms with E-state index in [1.165, 1.54) is 0 Å². The average Bonchev–Trinajstić information content (AvgIpc) is 2.52. The second kappa shape index (κ2) is 7.22. The highest BCUT2D eigenvalue weighted by atomic mass is 16.1. The summed E-state index contributed by atoms with van der Waals surface area (Å²) >= 11 is 0. The molecule has 1 aromatic heterocycles. The molecule has 1 amide bonds. The van der Waals surface area contributed by atoms with Crippen LogP contribution >= 0.6 is 0 Å². The Bertz CT molecular complexity index is 681. The zero-order valence-corrected chi connectivity index (χ0v) is 11.9. The van der Waals surface area contributed by atoms with E-state index in [1.807, 2.05) is 37.3 Å². The second-order valence-electron chi connectivity index (χ2n) is 4.54. The maximum atomic E-state index is 12.2. The number of nitrogens with two attached hydrogens (primary N) is 1. The van der Waals surface area contributed by atoms with Crippen molar-refractivity contribution in [1.29, 1.82) is 0 Å². The predicted octanol–water partition coefficient (Wildman–Crippen LogP) is 1.63. The minimum atomic E-state index is -0.155. The zero-order valence-electron chi connectivity index (χ0n) is 11.9. The van der Waals surface area contributed by atoms with Gasteiger partial charge < -0.3 is 11.1 Å². The van der Waals surface area contributed by atoms with Crippen molar-refractivity contribution in [3.8, 4) is 11.8 Å². The topological polar surface area (TPSA) is 68.0 Å². The monoisotopic (exact) mass is 279 g/mol. The Labute approximate surface area is 124 Å². The van der Waals surface area contributed by atoms with E-state index in [0.29, 0.717) is 17.7 Å². The van der Waals surface area contributed by atoms with Crippen molar-refractivity contribution >= 4 is 5.91 Å². The predicted molar refractivity (Wildman–Crippen MR) is 82.5 cm³/mol. The maximum absolute atomic E-state index is 12.2. The quantitative estimate of drug-likeness (QED) is 0.839. The van der Waals surface area contributed by atoms with Crippen LogP contribution in [-0.4, -0.2) is 17.4 Å². The summed E-state index contributed by atoms with van der Waals surface area (Å²) in [7, 11) is 0. The molecule has 0 aliphatic rings. The number of pyridine rings is 1. The molecule has 2 rings (SSSR count). The van der Waals surface area contributed by atoms with Crippen molar-refractivity contribution < 1.29 is 4.79 Å². The van der Waals surface area contributed by atoms with Gasteiger partial charge in [0, 0.05) is 24.0 Å². The number of hydrogen-bond donors (Lipinski definition) is 2. The van der Waals surface area contributed by atoms with Crippen LogP contribution in [0.5, 0.6) is 0 Å². The summed E-state index contributed by atoms with van der Waals surface area (Å²) < 4.78 is 0. The molecule has 0 radical (unpaired) electrons. The number of hydrogen-bond acceptors (Lipinski definition) is 3. The molecule has 1 aromatic carbocycles. The molecule has 0 unspecified atom stereocenters. The van der Waals surface area contributed by atoms with E-state index >= 15 is 0 Å². The number of amides is 1. The van der Waals surface area contributed by atoms with E-state index in [-0.39, 0.29) is 12.5 Å². The summed E-state index contributed by atoms with van der Waals surface area (Å²) in [5.74, 6) is 5.52. The lowest BCUT2D eigenvalue weighted by Gasteiger charge is -2.07. The summed E-state index contributed by atoms with van der Waals surface area (Å²) in [6.45, 7) is 2.63. The van der Waals surface area contributed by atoms with Gasteiger partial charge in [0.15, 0.2) is 0 Å². The molecular weight excluding hydrogens is 262 g/mol. The second-order valence-corrected chi connectivity index (χ2v) is 4.54. The van der Waals surface area contributed by atoms with Crippen LogP contribution in [0.3, 0.4) is 0 Å². The molecule has 106 valence electrons. The number of rotatable bonds is 3. The van der Waals surface area contributed by atoms with Gasteiger partial charge >= 0.3 is 0 Å². The molecule has 0 aliphatic carbocycles. The molecule has 3 N–H and O–H groups in total. The summed E-state index contributed by atoms with van der Waals surface area (Å²) in [6.07, 6.45) is 1.76. The normalized spacial score (nSPS) is 9.62. The number of carbonyl (C=O) groups excluding carboxylic acids is 1. The molecule has 0 aliphatic heterocycles. The van der Waals surface area contributed by atoms with Gasteiger partial charge in [0.05, 0.1) is 12.1 Å². The van der Waals surface area contributed by atoms with Crippen LogP contribution in [0, 0.1) is 18.8 Å². The fraction of sp³-hybridized carbons (Fsp3) is 0.176. The van der Waals surface area contributed by atoms with Gasteiger partial charge in [0.1, 0.15) is 0 Å². The minimum absolute atomic E-state index is 0.155. The number of nitrogens with zero attached hydrogens (tertiary/aromatic N) is 1. The minimum Gasteiger partial charge on any atom is -0.348 e. The Morgan fingerprint density at radius 2 is 2.10 bits per heavy atom. The number of carbonyl (C=O) groups is 1. The van der Waals surface area contributed by atoms with Crippen LogP contribution < -0.4 is 11.1 Å². The molecule has 1 heterocycles. The lowest BCUT2D eigenvalue weighted by atomic mass is 10.1. The van der Waals surface area contributed by atoms with Gasteiger partial charge in [0.2, 0.25) is 0 Å². The van der Waals surface area contributed by atoms with Crippen molar-refractivity contribution in [2.24, 2.45) is 5.73 Å². The Morgan fingerprint density at radius 1 is 1.29 bits per heavy atom. The Kier molecular flexibility index (Phi) is 5.08. The molecule has 2 aromatic rings. The van der Waals surface area contributed by atoms with Crippen molar-refractivity contribution in [1.82, 2.24) is 10.3 Å². The third kappa shape index (κ3) is 4.16. The molecule has 0 bridgehead atoms. The first-order valence-electron chi connectivity index (χ1n) is 6.68. The lowest BCUT2D eigenvalue weighted by Crippen LogP contribution is -2.23. The SMILES string of the molecule is Cc1ccc(CNC(=O)c2ccccc2C#CCN)cn1. The first-order chi connectivity index (χ1) is 10.2. The molecule has 0 saturated carbocycles. The Balaban J connectivity index is 2.08. The molecule has 0 fully saturated rings. The number of aryl methyl sites for hydroxylation is 1. The van der Waals surface area contributed by atoms with Crippen molar-refractivity contribution in [3.63, 3.8) is 0 Å². The van der Waals surface area contributed by atoms with Crippen LogP contribution in [0.4, 0.5) is 0 Å². The molecule has 0 atom stereocenters. The van der Waals surface area contributed by atoms with Crippen LogP contribution in [0.25, 0.3) is 0 Å². The van der Waals surface area contributed by atoms with Gasteiger partial charge in [-0.25, -0.2) is 0 Å². The van der Waals surface area contributed by atoms with Crippen molar-refractivity contribution in [2.75, 3.05) is 6.54 Å². The lowest BCUT2D eigenvalue weighted by molar-refractivity contribution is 0.0950. The molecular formula is C17H17N3O. The molecule has 21 heavy (non-hydrogen) atoms. The third-order valence-electron chi connectivity index (χ3n) is 2.92. The summed E-state index contributed by atoms with van der Waals surface area (Å²) in [5.41, 5.74) is 8.51. The van der Waals surface area contributed by atoms with Gasteiger partial charge in [0.25, 0.3) is 5.91 Å². The first kappa shape index (κ1) is 14.8. The van der Waals surface area contributed by atoms with Crippen LogP contribution in [0.1, 0.15) is 27.2 Å². The average molecular weight is 279 g/mol. The standard InChI is InChI=1S/C17H17N3O/c1-13-8-9-14(11-19-13)12-20-17(21)16-7-3-2-5-15(16)6-4-10-18/h2-3,5,7-9,11H,10,12,18H2,1H3,(H,20,21). The Hall–Kier alpha value is -2.64. The van der Waals surface area contributed by atoms with E-state index in [9.17, 15) is 4.79 Å². The number of aromatic nitrogens is 1.